The molecule has 5 nitrogen and oxygen atoms in total. The Morgan fingerprint density at radius 1 is 1.43 bits per heavy atom. The van der Waals surface area contributed by atoms with Crippen LogP contribution in [0.4, 0.5) is 0 Å². The highest BCUT2D eigenvalue weighted by molar-refractivity contribution is 7.84. The molecule has 78 valence electrons. The average Bonchev–Trinajstić information content (AvgIpc) is 2.61. The quantitative estimate of drug-likeness (QED) is 0.632. The van der Waals surface area contributed by atoms with E-state index < -0.39 is 11.2 Å². The summed E-state index contributed by atoms with van der Waals surface area (Å²) in [4.78, 5) is 2.05. The molecule has 0 N–H and O–H groups in total. The van der Waals surface area contributed by atoms with Crippen molar-refractivity contribution in [2.75, 3.05) is 32.1 Å². The van der Waals surface area contributed by atoms with E-state index in [9.17, 15) is 4.21 Å². The number of rotatable bonds is 1. The van der Waals surface area contributed by atoms with Crippen LogP contribution in [0.2, 0.25) is 0 Å². The third kappa shape index (κ3) is 1.99. The molecule has 0 spiro atoms. The van der Waals surface area contributed by atoms with Gasteiger partial charge in [0.05, 0.1) is 13.2 Å². The largest absolute Gasteiger partial charge is 0.378 e. The van der Waals surface area contributed by atoms with Crippen LogP contribution in [0.15, 0.2) is 8.80 Å². The predicted molar refractivity (Wildman–Crippen MR) is 59.3 cm³/mol. The zero-order valence-corrected chi connectivity index (χ0v) is 9.26. The van der Waals surface area contributed by atoms with Crippen molar-refractivity contribution in [1.82, 2.24) is 4.90 Å². The molecule has 0 radical (unpaired) electrons. The smallest absolute Gasteiger partial charge is 0.268 e. The van der Waals surface area contributed by atoms with Gasteiger partial charge in [0.2, 0.25) is 0 Å². The molecule has 2 aliphatic rings. The van der Waals surface area contributed by atoms with Crippen LogP contribution >= 0.6 is 12.6 Å². The Hall–Kier alpha value is -0.400. The Bertz CT molecular complexity index is 310. The fourth-order valence-corrected chi connectivity index (χ4v) is 2.45. The van der Waals surface area contributed by atoms with Gasteiger partial charge in [0.15, 0.2) is 5.84 Å². The normalized spacial score (nSPS) is 27.5. The molecule has 2 aliphatic heterocycles. The minimum atomic E-state index is -1.44. The Morgan fingerprint density at radius 3 is 2.79 bits per heavy atom. The third-order valence-corrected chi connectivity index (χ3v) is 3.08. The standard InChI is InChI=1S/C7H11N3O2S2/c11-14-8-6(5-13)7(9-14)10-1-3-12-4-2-10/h13H,1-5H2. The Kier molecular flexibility index (Phi) is 3.19. The maximum Gasteiger partial charge on any atom is 0.268 e. The zero-order valence-electron chi connectivity index (χ0n) is 7.55. The van der Waals surface area contributed by atoms with E-state index in [4.69, 9.17) is 4.74 Å². The highest BCUT2D eigenvalue weighted by Gasteiger charge is 2.24. The van der Waals surface area contributed by atoms with E-state index in [-0.39, 0.29) is 0 Å². The number of nitrogens with zero attached hydrogens (tertiary/aromatic N) is 3. The van der Waals surface area contributed by atoms with Crippen LogP contribution in [0.3, 0.4) is 0 Å². The summed E-state index contributed by atoms with van der Waals surface area (Å²) in [5.74, 6) is 1.20. The van der Waals surface area contributed by atoms with E-state index in [1.165, 1.54) is 0 Å². The topological polar surface area (TPSA) is 54.3 Å². The van der Waals surface area contributed by atoms with Gasteiger partial charge in [0.25, 0.3) is 11.2 Å². The van der Waals surface area contributed by atoms with Gasteiger partial charge in [-0.15, -0.1) is 4.40 Å². The maximum atomic E-state index is 11.1. The molecule has 7 heteroatoms. The lowest BCUT2D eigenvalue weighted by molar-refractivity contribution is 0.0690. The molecular weight excluding hydrogens is 222 g/mol. The van der Waals surface area contributed by atoms with Crippen molar-refractivity contribution in [3.8, 4) is 0 Å². The Morgan fingerprint density at radius 2 is 2.14 bits per heavy atom. The SMILES string of the molecule is O=S1N=C(CS)C(N2CCOCC2)=N1. The van der Waals surface area contributed by atoms with Gasteiger partial charge in [0, 0.05) is 18.8 Å². The fraction of sp³-hybridized carbons (Fsp3) is 0.714. The Labute approximate surface area is 90.4 Å². The van der Waals surface area contributed by atoms with Gasteiger partial charge in [-0.2, -0.15) is 17.0 Å². The van der Waals surface area contributed by atoms with Gasteiger partial charge in [-0.25, -0.2) is 4.21 Å². The van der Waals surface area contributed by atoms with Crippen molar-refractivity contribution in [1.29, 1.82) is 0 Å². The number of hydrogen-bond acceptors (Lipinski definition) is 4. The number of hydrogen-bond donors (Lipinski definition) is 1. The number of amidine groups is 1. The van der Waals surface area contributed by atoms with Crippen molar-refractivity contribution < 1.29 is 8.95 Å². The molecule has 0 amide bonds. The van der Waals surface area contributed by atoms with E-state index in [0.29, 0.717) is 24.7 Å². The molecule has 0 saturated carbocycles. The van der Waals surface area contributed by atoms with E-state index in [1.807, 2.05) is 4.90 Å². The first-order valence-corrected chi connectivity index (χ1v) is 6.03. The lowest BCUT2D eigenvalue weighted by Gasteiger charge is -2.28. The number of thiol groups is 1. The highest BCUT2D eigenvalue weighted by atomic mass is 32.2. The molecule has 1 fully saturated rings. The van der Waals surface area contributed by atoms with E-state index in [0.717, 1.165) is 18.9 Å². The first-order chi connectivity index (χ1) is 6.81. The highest BCUT2D eigenvalue weighted by Crippen LogP contribution is 2.09. The minimum absolute atomic E-state index is 0.474. The summed E-state index contributed by atoms with van der Waals surface area (Å²) >= 11 is 2.69. The van der Waals surface area contributed by atoms with Gasteiger partial charge in [-0.3, -0.25) is 0 Å². The minimum Gasteiger partial charge on any atom is -0.378 e. The first-order valence-electron chi connectivity index (χ1n) is 4.33. The fourth-order valence-electron chi connectivity index (χ4n) is 1.40. The van der Waals surface area contributed by atoms with E-state index >= 15 is 0 Å². The van der Waals surface area contributed by atoms with Crippen LogP contribution in [-0.4, -0.2) is 52.7 Å². The van der Waals surface area contributed by atoms with E-state index in [1.54, 1.807) is 0 Å². The summed E-state index contributed by atoms with van der Waals surface area (Å²) in [7, 11) is 0. The zero-order chi connectivity index (χ0) is 9.97. The van der Waals surface area contributed by atoms with E-state index in [2.05, 4.69) is 21.4 Å². The molecule has 1 saturated heterocycles. The summed E-state index contributed by atoms with van der Waals surface area (Å²) in [5.41, 5.74) is 0.716. The number of ether oxygens (including phenoxy) is 1. The molecule has 1 atom stereocenters. The summed E-state index contributed by atoms with van der Waals surface area (Å²) in [6, 6.07) is 0. The molecule has 0 aliphatic carbocycles. The molecule has 0 aromatic rings. The van der Waals surface area contributed by atoms with Gasteiger partial charge >= 0.3 is 0 Å². The van der Waals surface area contributed by atoms with Crippen LogP contribution < -0.4 is 0 Å². The van der Waals surface area contributed by atoms with Crippen molar-refractivity contribution in [2.45, 2.75) is 0 Å². The molecule has 1 unspecified atom stereocenters. The van der Waals surface area contributed by atoms with Crippen molar-refractivity contribution in [3.05, 3.63) is 0 Å². The summed E-state index contributed by atoms with van der Waals surface area (Å²) < 4.78 is 24.2. The molecule has 14 heavy (non-hydrogen) atoms. The summed E-state index contributed by atoms with van der Waals surface area (Å²) in [6.45, 7) is 2.93. The lowest BCUT2D eigenvalue weighted by Crippen LogP contribution is -2.43. The van der Waals surface area contributed by atoms with Crippen LogP contribution in [0.5, 0.6) is 0 Å². The lowest BCUT2D eigenvalue weighted by atomic mass is 10.3. The average molecular weight is 233 g/mol. The van der Waals surface area contributed by atoms with Crippen molar-refractivity contribution >= 4 is 35.3 Å². The second-order valence-corrected chi connectivity index (χ2v) is 4.08. The molecule has 0 bridgehead atoms. The molecule has 0 aromatic heterocycles. The second kappa shape index (κ2) is 4.41. The van der Waals surface area contributed by atoms with Gasteiger partial charge < -0.3 is 9.64 Å². The maximum absolute atomic E-state index is 11.1. The molecular formula is C7H11N3O2S2. The van der Waals surface area contributed by atoms with Crippen LogP contribution in [0, 0.1) is 0 Å². The summed E-state index contributed by atoms with van der Waals surface area (Å²) in [6.07, 6.45) is 0. The van der Waals surface area contributed by atoms with Crippen molar-refractivity contribution in [2.24, 2.45) is 8.80 Å². The predicted octanol–water partition coefficient (Wildman–Crippen LogP) is -0.320. The monoisotopic (exact) mass is 233 g/mol. The Balaban J connectivity index is 2.13. The summed E-state index contributed by atoms with van der Waals surface area (Å²) in [5, 5.41) is 0. The van der Waals surface area contributed by atoms with Crippen LogP contribution in [0.25, 0.3) is 0 Å². The second-order valence-electron chi connectivity index (χ2n) is 2.94. The third-order valence-electron chi connectivity index (χ3n) is 2.07. The van der Waals surface area contributed by atoms with Crippen LogP contribution in [-0.2, 0) is 15.9 Å². The molecule has 0 aromatic carbocycles. The number of morpholine rings is 1. The first kappa shape index (κ1) is 10.1. The van der Waals surface area contributed by atoms with Gasteiger partial charge in [-0.1, -0.05) is 0 Å². The van der Waals surface area contributed by atoms with Gasteiger partial charge in [-0.05, 0) is 0 Å². The van der Waals surface area contributed by atoms with Crippen LogP contribution in [0.1, 0.15) is 0 Å². The van der Waals surface area contributed by atoms with Crippen molar-refractivity contribution in [3.63, 3.8) is 0 Å². The molecule has 2 heterocycles. The molecule has 2 rings (SSSR count). The van der Waals surface area contributed by atoms with Gasteiger partial charge in [0.1, 0.15) is 5.71 Å².